The number of benzene rings is 1. The molecule has 1 aromatic rings. The number of nitrogens with zero attached hydrogens (tertiary/aromatic N) is 1. The van der Waals surface area contributed by atoms with Gasteiger partial charge in [0.1, 0.15) is 12.4 Å². The maximum Gasteiger partial charge on any atom is 0.142 e. The van der Waals surface area contributed by atoms with E-state index >= 15 is 0 Å². The van der Waals surface area contributed by atoms with E-state index in [1.54, 1.807) is 0 Å². The fraction of sp³-hybridized carbons (Fsp3) is 0.400. The Morgan fingerprint density at radius 3 is 3.08 bits per heavy atom. The van der Waals surface area contributed by atoms with Crippen LogP contribution in [0, 0.1) is 6.92 Å². The Kier molecular flexibility index (Phi) is 1.68. The average Bonchev–Trinajstić information content (AvgIpc) is 2.04. The summed E-state index contributed by atoms with van der Waals surface area (Å²) in [5.74, 6) is 1.02. The first kappa shape index (κ1) is 7.47. The van der Waals surface area contributed by atoms with Crippen molar-refractivity contribution in [1.82, 2.24) is 0 Å². The molecule has 0 unspecified atom stereocenters. The molecule has 0 radical (unpaired) electrons. The quantitative estimate of drug-likeness (QED) is 0.578. The Labute approximate surface area is 72.8 Å². The van der Waals surface area contributed by atoms with Gasteiger partial charge in [-0.2, -0.15) is 0 Å². The van der Waals surface area contributed by atoms with E-state index in [9.17, 15) is 0 Å². The Morgan fingerprint density at radius 1 is 1.42 bits per heavy atom. The molecule has 1 aliphatic heterocycles. The lowest BCUT2D eigenvalue weighted by molar-refractivity contribution is 0.311. The summed E-state index contributed by atoms with van der Waals surface area (Å²) in [5.41, 5.74) is 2.45. The summed E-state index contributed by atoms with van der Waals surface area (Å²) in [6.07, 6.45) is 0. The molecule has 2 rings (SSSR count). The van der Waals surface area contributed by atoms with Gasteiger partial charge in [0.05, 0.1) is 12.2 Å². The molecular formula is C10H13NO. The van der Waals surface area contributed by atoms with E-state index in [4.69, 9.17) is 4.74 Å². The van der Waals surface area contributed by atoms with Gasteiger partial charge in [0.15, 0.2) is 0 Å². The van der Waals surface area contributed by atoms with Crippen LogP contribution >= 0.6 is 0 Å². The van der Waals surface area contributed by atoms with Crippen LogP contribution in [0.15, 0.2) is 18.2 Å². The number of hydrogen-bond acceptors (Lipinski definition) is 2. The SMILES string of the molecule is Cc1ccc2c(c1)OCCN2C. The molecule has 12 heavy (non-hydrogen) atoms. The van der Waals surface area contributed by atoms with Crippen LogP contribution < -0.4 is 9.64 Å². The van der Waals surface area contributed by atoms with Crippen LogP contribution in [0.25, 0.3) is 0 Å². The van der Waals surface area contributed by atoms with Gasteiger partial charge in [0.25, 0.3) is 0 Å². The summed E-state index contributed by atoms with van der Waals surface area (Å²) in [5, 5.41) is 0. The van der Waals surface area contributed by atoms with E-state index in [0.29, 0.717) is 0 Å². The number of fused-ring (bicyclic) bond motifs is 1. The van der Waals surface area contributed by atoms with Crippen LogP contribution in [-0.2, 0) is 0 Å². The molecule has 0 bridgehead atoms. The fourth-order valence-corrected chi connectivity index (χ4v) is 1.47. The van der Waals surface area contributed by atoms with Gasteiger partial charge >= 0.3 is 0 Å². The molecule has 0 saturated heterocycles. The Hall–Kier alpha value is -1.18. The summed E-state index contributed by atoms with van der Waals surface area (Å²) < 4.78 is 5.53. The van der Waals surface area contributed by atoms with Gasteiger partial charge < -0.3 is 9.64 Å². The smallest absolute Gasteiger partial charge is 0.142 e. The van der Waals surface area contributed by atoms with Gasteiger partial charge in [-0.3, -0.25) is 0 Å². The molecule has 0 amide bonds. The molecule has 0 saturated carbocycles. The zero-order chi connectivity index (χ0) is 8.55. The van der Waals surface area contributed by atoms with E-state index in [1.165, 1.54) is 11.3 Å². The standard InChI is InChI=1S/C10H13NO/c1-8-3-4-9-10(7-8)12-6-5-11(9)2/h3-4,7H,5-6H2,1-2H3. The van der Waals surface area contributed by atoms with Crippen molar-refractivity contribution in [2.45, 2.75) is 6.92 Å². The van der Waals surface area contributed by atoms with Crippen molar-refractivity contribution < 1.29 is 4.74 Å². The number of aryl methyl sites for hydroxylation is 1. The molecule has 64 valence electrons. The minimum atomic E-state index is 0.799. The van der Waals surface area contributed by atoms with Gasteiger partial charge in [-0.1, -0.05) is 6.07 Å². The maximum atomic E-state index is 5.53. The number of anilines is 1. The van der Waals surface area contributed by atoms with Crippen molar-refractivity contribution in [2.24, 2.45) is 0 Å². The highest BCUT2D eigenvalue weighted by molar-refractivity contribution is 5.60. The second kappa shape index (κ2) is 2.70. The Bertz CT molecular complexity index is 296. The highest BCUT2D eigenvalue weighted by Gasteiger charge is 2.13. The van der Waals surface area contributed by atoms with Crippen molar-refractivity contribution in [2.75, 3.05) is 25.1 Å². The highest BCUT2D eigenvalue weighted by Crippen LogP contribution is 2.30. The van der Waals surface area contributed by atoms with Gasteiger partial charge in [0.2, 0.25) is 0 Å². The second-order valence-corrected chi connectivity index (χ2v) is 3.24. The van der Waals surface area contributed by atoms with Crippen molar-refractivity contribution in [3.05, 3.63) is 23.8 Å². The largest absolute Gasteiger partial charge is 0.490 e. The lowest BCUT2D eigenvalue weighted by Crippen LogP contribution is -2.28. The first-order valence-corrected chi connectivity index (χ1v) is 4.22. The van der Waals surface area contributed by atoms with E-state index in [2.05, 4.69) is 37.1 Å². The van der Waals surface area contributed by atoms with Crippen LogP contribution in [0.1, 0.15) is 5.56 Å². The molecule has 1 heterocycles. The minimum Gasteiger partial charge on any atom is -0.490 e. The lowest BCUT2D eigenvalue weighted by atomic mass is 10.2. The van der Waals surface area contributed by atoms with Crippen LogP contribution in [0.2, 0.25) is 0 Å². The molecule has 2 nitrogen and oxygen atoms in total. The summed E-state index contributed by atoms with van der Waals surface area (Å²) in [6, 6.07) is 6.32. The van der Waals surface area contributed by atoms with Crippen molar-refractivity contribution in [3.63, 3.8) is 0 Å². The maximum absolute atomic E-state index is 5.53. The van der Waals surface area contributed by atoms with E-state index in [1.807, 2.05) is 0 Å². The first-order valence-electron chi connectivity index (χ1n) is 4.22. The predicted octanol–water partition coefficient (Wildman–Crippen LogP) is 1.82. The van der Waals surface area contributed by atoms with Gasteiger partial charge in [-0.05, 0) is 24.6 Å². The molecule has 2 heteroatoms. The van der Waals surface area contributed by atoms with Crippen LogP contribution in [0.3, 0.4) is 0 Å². The second-order valence-electron chi connectivity index (χ2n) is 3.24. The van der Waals surface area contributed by atoms with Crippen molar-refractivity contribution >= 4 is 5.69 Å². The highest BCUT2D eigenvalue weighted by atomic mass is 16.5. The molecule has 0 atom stereocenters. The van der Waals surface area contributed by atoms with E-state index in [0.717, 1.165) is 18.9 Å². The number of likely N-dealkylation sites (N-methyl/N-ethyl adjacent to an activating group) is 1. The zero-order valence-electron chi connectivity index (χ0n) is 7.50. The van der Waals surface area contributed by atoms with Gasteiger partial charge in [0, 0.05) is 7.05 Å². The fourth-order valence-electron chi connectivity index (χ4n) is 1.47. The summed E-state index contributed by atoms with van der Waals surface area (Å²) in [4.78, 5) is 2.22. The van der Waals surface area contributed by atoms with E-state index in [-0.39, 0.29) is 0 Å². The van der Waals surface area contributed by atoms with Crippen molar-refractivity contribution in [1.29, 1.82) is 0 Å². The molecule has 1 aliphatic rings. The van der Waals surface area contributed by atoms with Crippen LogP contribution in [-0.4, -0.2) is 20.2 Å². The number of hydrogen-bond donors (Lipinski definition) is 0. The number of ether oxygens (including phenoxy) is 1. The lowest BCUT2D eigenvalue weighted by Gasteiger charge is -2.27. The normalized spacial score (nSPS) is 15.3. The van der Waals surface area contributed by atoms with Gasteiger partial charge in [-0.15, -0.1) is 0 Å². The molecule has 0 spiro atoms. The topological polar surface area (TPSA) is 12.5 Å². The minimum absolute atomic E-state index is 0.799. The third kappa shape index (κ3) is 1.13. The third-order valence-corrected chi connectivity index (χ3v) is 2.21. The summed E-state index contributed by atoms with van der Waals surface area (Å²) >= 11 is 0. The van der Waals surface area contributed by atoms with Gasteiger partial charge in [-0.25, -0.2) is 0 Å². The molecular weight excluding hydrogens is 150 g/mol. The van der Waals surface area contributed by atoms with Crippen LogP contribution in [0.4, 0.5) is 5.69 Å². The molecule has 0 aromatic heterocycles. The molecule has 0 aliphatic carbocycles. The van der Waals surface area contributed by atoms with Crippen molar-refractivity contribution in [3.8, 4) is 5.75 Å². The van der Waals surface area contributed by atoms with Crippen LogP contribution in [0.5, 0.6) is 5.75 Å². The summed E-state index contributed by atoms with van der Waals surface area (Å²) in [6.45, 7) is 3.86. The summed E-state index contributed by atoms with van der Waals surface area (Å²) in [7, 11) is 2.09. The molecule has 0 fully saturated rings. The number of rotatable bonds is 0. The predicted molar refractivity (Wildman–Crippen MR) is 49.9 cm³/mol. The first-order chi connectivity index (χ1) is 5.77. The Morgan fingerprint density at radius 2 is 2.25 bits per heavy atom. The monoisotopic (exact) mass is 163 g/mol. The average molecular weight is 163 g/mol. The zero-order valence-corrected chi connectivity index (χ0v) is 7.50. The molecule has 0 N–H and O–H groups in total. The molecule has 1 aromatic carbocycles. The Balaban J connectivity index is 2.46. The van der Waals surface area contributed by atoms with E-state index < -0.39 is 0 Å². The third-order valence-electron chi connectivity index (χ3n) is 2.21.